The second-order valence-corrected chi connectivity index (χ2v) is 8.00. The van der Waals surface area contributed by atoms with E-state index in [1.54, 1.807) is 0 Å². The lowest BCUT2D eigenvalue weighted by Crippen LogP contribution is -2.34. The van der Waals surface area contributed by atoms with E-state index in [0.717, 1.165) is 25.0 Å². The lowest BCUT2D eigenvalue weighted by molar-refractivity contribution is -0.137. The fourth-order valence-corrected chi connectivity index (χ4v) is 4.28. The highest BCUT2D eigenvalue weighted by molar-refractivity contribution is 7.92. The molecule has 9 heteroatoms. The second kappa shape index (κ2) is 7.52. The number of halogens is 3. The molecule has 0 spiro atoms. The van der Waals surface area contributed by atoms with Crippen LogP contribution in [0, 0.1) is 0 Å². The average molecular weight is 365 g/mol. The summed E-state index contributed by atoms with van der Waals surface area (Å²) >= 11 is 0. The second-order valence-electron chi connectivity index (χ2n) is 5.72. The summed E-state index contributed by atoms with van der Waals surface area (Å²) in [6.07, 6.45) is -1.59. The third kappa shape index (κ3) is 5.20. The molecule has 0 heterocycles. The molecule has 0 bridgehead atoms. The van der Waals surface area contributed by atoms with Crippen LogP contribution in [0.1, 0.15) is 36.8 Å². The minimum absolute atomic E-state index is 0.159. The molecule has 1 aliphatic carbocycles. The van der Waals surface area contributed by atoms with Crippen molar-refractivity contribution in [1.82, 2.24) is 5.48 Å². The van der Waals surface area contributed by atoms with Gasteiger partial charge < -0.3 is 0 Å². The Morgan fingerprint density at radius 2 is 1.75 bits per heavy atom. The van der Waals surface area contributed by atoms with Gasteiger partial charge in [0.25, 0.3) is 5.91 Å². The van der Waals surface area contributed by atoms with Crippen LogP contribution in [0.15, 0.2) is 24.3 Å². The normalized spacial score (nSPS) is 16.3. The maximum atomic E-state index is 12.4. The Morgan fingerprint density at radius 1 is 1.17 bits per heavy atom. The smallest absolute Gasteiger partial charge is 0.272 e. The standard InChI is InChI=1S/C15H18F3NO4S/c16-15(17,18)12-7-5-11(6-8-12)9-23-19-14(20)10-24(21,22)13-3-1-2-4-13/h5-8,13H,1-4,9-10H2,(H,19,20). The van der Waals surface area contributed by atoms with Crippen LogP contribution in [0.2, 0.25) is 0 Å². The summed E-state index contributed by atoms with van der Waals surface area (Å²) in [4.78, 5) is 16.5. The first-order chi connectivity index (χ1) is 11.2. The third-order valence-electron chi connectivity index (χ3n) is 3.85. The molecule has 0 aromatic heterocycles. The summed E-state index contributed by atoms with van der Waals surface area (Å²) in [6.45, 7) is -0.159. The van der Waals surface area contributed by atoms with Crippen LogP contribution in [0.25, 0.3) is 0 Å². The van der Waals surface area contributed by atoms with Crippen LogP contribution in [-0.2, 0) is 32.3 Å². The van der Waals surface area contributed by atoms with Crippen LogP contribution >= 0.6 is 0 Å². The van der Waals surface area contributed by atoms with E-state index in [1.807, 2.05) is 5.48 Å². The van der Waals surface area contributed by atoms with Crippen molar-refractivity contribution < 1.29 is 31.2 Å². The fraction of sp³-hybridized carbons (Fsp3) is 0.533. The highest BCUT2D eigenvalue weighted by atomic mass is 32.2. The number of hydroxylamine groups is 1. The molecule has 0 atom stereocenters. The summed E-state index contributed by atoms with van der Waals surface area (Å²) < 4.78 is 61.2. The predicted octanol–water partition coefficient (Wildman–Crippen LogP) is 2.61. The van der Waals surface area contributed by atoms with Gasteiger partial charge in [0.15, 0.2) is 9.84 Å². The van der Waals surface area contributed by atoms with Gasteiger partial charge in [-0.15, -0.1) is 0 Å². The Morgan fingerprint density at radius 3 is 2.29 bits per heavy atom. The zero-order chi connectivity index (χ0) is 17.8. The molecule has 0 saturated heterocycles. The lowest BCUT2D eigenvalue weighted by atomic mass is 10.1. The molecule has 0 aliphatic heterocycles. The van der Waals surface area contributed by atoms with Gasteiger partial charge in [-0.1, -0.05) is 25.0 Å². The summed E-state index contributed by atoms with van der Waals surface area (Å²) in [5.74, 6) is -1.43. The molecule has 1 saturated carbocycles. The number of hydrogen-bond acceptors (Lipinski definition) is 4. The first-order valence-corrected chi connectivity index (χ1v) is 9.18. The van der Waals surface area contributed by atoms with Crippen LogP contribution in [0.3, 0.4) is 0 Å². The Labute approximate surface area is 138 Å². The first kappa shape index (κ1) is 18.7. The molecule has 1 aromatic rings. The van der Waals surface area contributed by atoms with Crippen LogP contribution in [0.5, 0.6) is 0 Å². The van der Waals surface area contributed by atoms with E-state index in [9.17, 15) is 26.4 Å². The Balaban J connectivity index is 1.78. The molecule has 1 amide bonds. The van der Waals surface area contributed by atoms with Crippen LogP contribution in [-0.4, -0.2) is 25.3 Å². The van der Waals surface area contributed by atoms with Crippen LogP contribution in [0.4, 0.5) is 13.2 Å². The van der Waals surface area contributed by atoms with Gasteiger partial charge in [0.2, 0.25) is 0 Å². The van der Waals surface area contributed by atoms with Gasteiger partial charge in [-0.25, -0.2) is 13.9 Å². The molecule has 1 aliphatic rings. The summed E-state index contributed by atoms with van der Waals surface area (Å²) in [5.41, 5.74) is 1.65. The van der Waals surface area contributed by atoms with E-state index < -0.39 is 38.5 Å². The first-order valence-electron chi connectivity index (χ1n) is 7.47. The van der Waals surface area contributed by atoms with Crippen molar-refractivity contribution in [2.45, 2.75) is 43.7 Å². The molecule has 0 radical (unpaired) electrons. The largest absolute Gasteiger partial charge is 0.416 e. The van der Waals surface area contributed by atoms with E-state index >= 15 is 0 Å². The lowest BCUT2D eigenvalue weighted by Gasteiger charge is -2.11. The minimum atomic E-state index is -4.41. The number of nitrogens with one attached hydrogen (secondary N) is 1. The van der Waals surface area contributed by atoms with Gasteiger partial charge in [-0.05, 0) is 30.5 Å². The minimum Gasteiger partial charge on any atom is -0.272 e. The van der Waals surface area contributed by atoms with Crippen molar-refractivity contribution in [3.63, 3.8) is 0 Å². The molecule has 1 aromatic carbocycles. The van der Waals surface area contributed by atoms with E-state index in [-0.39, 0.29) is 6.61 Å². The predicted molar refractivity (Wildman–Crippen MR) is 80.4 cm³/mol. The number of benzene rings is 1. The van der Waals surface area contributed by atoms with E-state index in [0.29, 0.717) is 18.4 Å². The van der Waals surface area contributed by atoms with Crippen molar-refractivity contribution in [2.75, 3.05) is 5.75 Å². The maximum Gasteiger partial charge on any atom is 0.416 e. The Bertz CT molecular complexity index is 665. The van der Waals surface area contributed by atoms with Crippen LogP contribution < -0.4 is 5.48 Å². The van der Waals surface area contributed by atoms with Gasteiger partial charge >= 0.3 is 6.18 Å². The molecule has 134 valence electrons. The SMILES string of the molecule is O=C(CS(=O)(=O)C1CCCC1)NOCc1ccc(C(F)(F)F)cc1. The van der Waals surface area contributed by atoms with E-state index in [4.69, 9.17) is 4.84 Å². The van der Waals surface area contributed by atoms with Gasteiger partial charge in [0.05, 0.1) is 17.4 Å². The zero-order valence-corrected chi connectivity index (χ0v) is 13.6. The molecular weight excluding hydrogens is 347 g/mol. The number of carbonyl (C=O) groups is 1. The Hall–Kier alpha value is -1.61. The molecule has 2 rings (SSSR count). The van der Waals surface area contributed by atoms with Crippen molar-refractivity contribution in [1.29, 1.82) is 0 Å². The molecule has 5 nitrogen and oxygen atoms in total. The Kier molecular flexibility index (Phi) is 5.87. The third-order valence-corrected chi connectivity index (χ3v) is 6.00. The zero-order valence-electron chi connectivity index (χ0n) is 12.8. The van der Waals surface area contributed by atoms with Crippen molar-refractivity contribution >= 4 is 15.7 Å². The number of alkyl halides is 3. The highest BCUT2D eigenvalue weighted by Gasteiger charge is 2.31. The van der Waals surface area contributed by atoms with Crippen molar-refractivity contribution in [3.05, 3.63) is 35.4 Å². The summed E-state index contributed by atoms with van der Waals surface area (Å²) in [6, 6.07) is 4.27. The monoisotopic (exact) mass is 365 g/mol. The fourth-order valence-electron chi connectivity index (χ4n) is 2.57. The van der Waals surface area contributed by atoms with E-state index in [2.05, 4.69) is 0 Å². The molecule has 0 unspecified atom stereocenters. The highest BCUT2D eigenvalue weighted by Crippen LogP contribution is 2.29. The van der Waals surface area contributed by atoms with Crippen molar-refractivity contribution in [3.8, 4) is 0 Å². The molecule has 1 fully saturated rings. The average Bonchev–Trinajstić information content (AvgIpc) is 3.01. The number of hydrogen-bond donors (Lipinski definition) is 1. The van der Waals surface area contributed by atoms with Gasteiger partial charge in [-0.3, -0.25) is 9.63 Å². The molecule has 1 N–H and O–H groups in total. The quantitative estimate of drug-likeness (QED) is 0.787. The van der Waals surface area contributed by atoms with Gasteiger partial charge in [0, 0.05) is 0 Å². The topological polar surface area (TPSA) is 72.5 Å². The maximum absolute atomic E-state index is 12.4. The summed E-state index contributed by atoms with van der Waals surface area (Å²) in [7, 11) is -3.49. The van der Waals surface area contributed by atoms with Gasteiger partial charge in [-0.2, -0.15) is 13.2 Å². The number of carbonyl (C=O) groups excluding carboxylic acids is 1. The number of rotatable bonds is 6. The molecular formula is C15H18F3NO4S. The summed E-state index contributed by atoms with van der Waals surface area (Å²) in [5, 5.41) is -0.474. The molecule has 24 heavy (non-hydrogen) atoms. The van der Waals surface area contributed by atoms with Crippen molar-refractivity contribution in [2.24, 2.45) is 0 Å². The van der Waals surface area contributed by atoms with Gasteiger partial charge in [0.1, 0.15) is 5.75 Å². The number of amides is 1. The number of sulfone groups is 1. The van der Waals surface area contributed by atoms with E-state index in [1.165, 1.54) is 12.1 Å².